The first-order valence-electron chi connectivity index (χ1n) is 6.60. The van der Waals surface area contributed by atoms with Crippen molar-refractivity contribution in [1.82, 2.24) is 10.2 Å². The fraction of sp³-hybridized carbons (Fsp3) is 0.0625. The second-order valence-corrected chi connectivity index (χ2v) is 5.10. The van der Waals surface area contributed by atoms with Crippen LogP contribution in [0, 0.1) is 6.92 Å². The van der Waals surface area contributed by atoms with E-state index in [2.05, 4.69) is 15.5 Å². The molecule has 0 spiro atoms. The Morgan fingerprint density at radius 3 is 2.64 bits per heavy atom. The van der Waals surface area contributed by atoms with E-state index in [1.807, 2.05) is 43.3 Å². The van der Waals surface area contributed by atoms with Gasteiger partial charge in [0, 0.05) is 16.3 Å². The number of benzene rings is 2. The lowest BCUT2D eigenvalue weighted by Gasteiger charge is -2.04. The van der Waals surface area contributed by atoms with Gasteiger partial charge in [-0.1, -0.05) is 35.9 Å². The van der Waals surface area contributed by atoms with Crippen LogP contribution in [-0.4, -0.2) is 16.1 Å². The molecule has 0 bridgehead atoms. The normalized spacial score (nSPS) is 10.5. The number of rotatable bonds is 3. The minimum Gasteiger partial charge on any atom is -0.412 e. The number of carbonyl (C=O) groups is 1. The highest BCUT2D eigenvalue weighted by Crippen LogP contribution is 2.21. The largest absolute Gasteiger partial charge is 0.412 e. The molecule has 0 unspecified atom stereocenters. The van der Waals surface area contributed by atoms with Crippen molar-refractivity contribution in [3.63, 3.8) is 0 Å². The predicted molar refractivity (Wildman–Crippen MR) is 83.9 cm³/mol. The molecule has 0 aliphatic carbocycles. The van der Waals surface area contributed by atoms with Gasteiger partial charge < -0.3 is 9.73 Å². The molecule has 0 atom stereocenters. The number of halogens is 1. The quantitative estimate of drug-likeness (QED) is 0.795. The third-order valence-electron chi connectivity index (χ3n) is 3.07. The SMILES string of the molecule is Cc1ccc(NC(=O)c2nnc(-c3ccccc3)o2)cc1Cl. The van der Waals surface area contributed by atoms with Crippen molar-refractivity contribution in [2.45, 2.75) is 6.92 Å². The van der Waals surface area contributed by atoms with Gasteiger partial charge >= 0.3 is 11.8 Å². The van der Waals surface area contributed by atoms with Crippen molar-refractivity contribution in [3.05, 3.63) is 65.0 Å². The van der Waals surface area contributed by atoms with Crippen molar-refractivity contribution >= 4 is 23.2 Å². The van der Waals surface area contributed by atoms with Crippen LogP contribution in [-0.2, 0) is 0 Å². The second-order valence-electron chi connectivity index (χ2n) is 4.70. The van der Waals surface area contributed by atoms with Crippen LogP contribution in [0.5, 0.6) is 0 Å². The first-order chi connectivity index (χ1) is 10.6. The number of nitrogens with zero attached hydrogens (tertiary/aromatic N) is 2. The maximum Gasteiger partial charge on any atom is 0.313 e. The summed E-state index contributed by atoms with van der Waals surface area (Å²) in [6, 6.07) is 14.5. The maximum absolute atomic E-state index is 12.1. The van der Waals surface area contributed by atoms with Crippen LogP contribution < -0.4 is 5.32 Å². The molecule has 110 valence electrons. The Bertz CT molecular complexity index is 815. The van der Waals surface area contributed by atoms with Crippen molar-refractivity contribution in [3.8, 4) is 11.5 Å². The Morgan fingerprint density at radius 1 is 1.14 bits per heavy atom. The summed E-state index contributed by atoms with van der Waals surface area (Å²) in [5, 5.41) is 10.9. The maximum atomic E-state index is 12.1. The molecule has 1 N–H and O–H groups in total. The highest BCUT2D eigenvalue weighted by molar-refractivity contribution is 6.31. The lowest BCUT2D eigenvalue weighted by molar-refractivity contribution is 0.0991. The zero-order valence-corrected chi connectivity index (χ0v) is 12.5. The number of anilines is 1. The van der Waals surface area contributed by atoms with Crippen LogP contribution in [0.1, 0.15) is 16.2 Å². The van der Waals surface area contributed by atoms with Crippen LogP contribution in [0.4, 0.5) is 5.69 Å². The summed E-state index contributed by atoms with van der Waals surface area (Å²) < 4.78 is 5.39. The van der Waals surface area contributed by atoms with Crippen molar-refractivity contribution in [1.29, 1.82) is 0 Å². The number of aryl methyl sites for hydroxylation is 1. The third-order valence-corrected chi connectivity index (χ3v) is 3.48. The molecule has 3 aromatic rings. The van der Waals surface area contributed by atoms with E-state index in [1.54, 1.807) is 12.1 Å². The number of aromatic nitrogens is 2. The number of hydrogen-bond acceptors (Lipinski definition) is 4. The first-order valence-corrected chi connectivity index (χ1v) is 6.98. The average Bonchev–Trinajstić information content (AvgIpc) is 3.02. The Morgan fingerprint density at radius 2 is 1.91 bits per heavy atom. The van der Waals surface area contributed by atoms with E-state index < -0.39 is 5.91 Å². The number of nitrogens with one attached hydrogen (secondary N) is 1. The summed E-state index contributed by atoms with van der Waals surface area (Å²) in [6.45, 7) is 1.89. The molecule has 0 aliphatic rings. The van der Waals surface area contributed by atoms with Gasteiger partial charge in [-0.15, -0.1) is 10.2 Å². The van der Waals surface area contributed by atoms with E-state index >= 15 is 0 Å². The van der Waals surface area contributed by atoms with Gasteiger partial charge in [-0.3, -0.25) is 4.79 Å². The fourth-order valence-corrected chi connectivity index (χ4v) is 2.05. The van der Waals surface area contributed by atoms with E-state index in [0.29, 0.717) is 16.6 Å². The van der Waals surface area contributed by atoms with Gasteiger partial charge in [0.15, 0.2) is 0 Å². The van der Waals surface area contributed by atoms with Crippen LogP contribution in [0.2, 0.25) is 5.02 Å². The van der Waals surface area contributed by atoms with Crippen LogP contribution in [0.15, 0.2) is 52.9 Å². The Balaban J connectivity index is 1.78. The number of carbonyl (C=O) groups excluding carboxylic acids is 1. The van der Waals surface area contributed by atoms with Crippen LogP contribution >= 0.6 is 11.6 Å². The molecule has 22 heavy (non-hydrogen) atoms. The highest BCUT2D eigenvalue weighted by Gasteiger charge is 2.16. The molecular formula is C16H12ClN3O2. The number of amides is 1. The van der Waals surface area contributed by atoms with Crippen molar-refractivity contribution in [2.24, 2.45) is 0 Å². The van der Waals surface area contributed by atoms with Gasteiger partial charge in [-0.25, -0.2) is 0 Å². The summed E-state index contributed by atoms with van der Waals surface area (Å²) in [7, 11) is 0. The Hall–Kier alpha value is -2.66. The van der Waals surface area contributed by atoms with Gasteiger partial charge in [-0.2, -0.15) is 0 Å². The van der Waals surface area contributed by atoms with Gasteiger partial charge in [0.25, 0.3) is 0 Å². The summed E-state index contributed by atoms with van der Waals surface area (Å²) in [5.74, 6) is -0.280. The Labute approximate surface area is 131 Å². The zero-order chi connectivity index (χ0) is 15.5. The van der Waals surface area contributed by atoms with Gasteiger partial charge in [0.05, 0.1) is 0 Å². The topological polar surface area (TPSA) is 68.0 Å². The van der Waals surface area contributed by atoms with E-state index in [1.165, 1.54) is 0 Å². The highest BCUT2D eigenvalue weighted by atomic mass is 35.5. The van der Waals surface area contributed by atoms with E-state index in [-0.39, 0.29) is 5.89 Å². The summed E-state index contributed by atoms with van der Waals surface area (Å²) in [5.41, 5.74) is 2.26. The minimum atomic E-state index is -0.477. The Kier molecular flexibility index (Phi) is 3.89. The van der Waals surface area contributed by atoms with Crippen LogP contribution in [0.25, 0.3) is 11.5 Å². The van der Waals surface area contributed by atoms with Crippen LogP contribution in [0.3, 0.4) is 0 Å². The molecule has 0 aliphatic heterocycles. The van der Waals surface area contributed by atoms with E-state index in [9.17, 15) is 4.79 Å². The standard InChI is InChI=1S/C16H12ClN3O2/c1-10-7-8-12(9-13(10)17)18-14(21)16-20-19-15(22-16)11-5-3-2-4-6-11/h2-9H,1H3,(H,18,21). The smallest absolute Gasteiger partial charge is 0.313 e. The van der Waals surface area contributed by atoms with Gasteiger partial charge in [0.1, 0.15) is 0 Å². The lowest BCUT2D eigenvalue weighted by Crippen LogP contribution is -2.12. The zero-order valence-electron chi connectivity index (χ0n) is 11.7. The number of hydrogen-bond donors (Lipinski definition) is 1. The fourth-order valence-electron chi connectivity index (χ4n) is 1.87. The second kappa shape index (κ2) is 5.99. The molecule has 0 saturated heterocycles. The molecule has 0 saturated carbocycles. The molecule has 1 aromatic heterocycles. The third kappa shape index (κ3) is 2.99. The van der Waals surface area contributed by atoms with E-state index in [4.69, 9.17) is 16.0 Å². The molecular weight excluding hydrogens is 302 g/mol. The summed E-state index contributed by atoms with van der Waals surface area (Å²) in [4.78, 5) is 12.1. The molecule has 6 heteroatoms. The molecule has 0 fully saturated rings. The molecule has 1 heterocycles. The molecule has 0 radical (unpaired) electrons. The molecule has 1 amide bonds. The lowest BCUT2D eigenvalue weighted by atomic mass is 10.2. The molecule has 3 rings (SSSR count). The predicted octanol–water partition coefficient (Wildman–Crippen LogP) is 3.95. The van der Waals surface area contributed by atoms with Crippen molar-refractivity contribution < 1.29 is 9.21 Å². The minimum absolute atomic E-state index is 0.101. The van der Waals surface area contributed by atoms with Gasteiger partial charge in [0.2, 0.25) is 5.89 Å². The average molecular weight is 314 g/mol. The van der Waals surface area contributed by atoms with E-state index in [0.717, 1.165) is 11.1 Å². The van der Waals surface area contributed by atoms with Gasteiger partial charge in [-0.05, 0) is 36.8 Å². The summed E-state index contributed by atoms with van der Waals surface area (Å²) >= 11 is 6.02. The molecule has 5 nitrogen and oxygen atoms in total. The summed E-state index contributed by atoms with van der Waals surface area (Å²) in [6.07, 6.45) is 0. The monoisotopic (exact) mass is 313 g/mol. The molecule has 2 aromatic carbocycles. The van der Waals surface area contributed by atoms with Crippen molar-refractivity contribution in [2.75, 3.05) is 5.32 Å². The first kappa shape index (κ1) is 14.3.